The van der Waals surface area contributed by atoms with Crippen molar-refractivity contribution in [3.63, 3.8) is 0 Å². The number of azo groups is 2. The average Bonchev–Trinajstić information content (AvgIpc) is 3.09. The zero-order valence-electron chi connectivity index (χ0n) is 29.6. The summed E-state index contributed by atoms with van der Waals surface area (Å²) in [6, 6.07) is 7.55. The van der Waals surface area contributed by atoms with Crippen LogP contribution in [0, 0.1) is 0 Å². The van der Waals surface area contributed by atoms with Gasteiger partial charge >= 0.3 is 20.2 Å². The van der Waals surface area contributed by atoms with Gasteiger partial charge in [-0.25, -0.2) is 0 Å². The minimum absolute atomic E-state index is 0.0462. The van der Waals surface area contributed by atoms with Crippen molar-refractivity contribution in [2.75, 3.05) is 11.5 Å². The minimum Gasteiger partial charge on any atom is -0.369 e. The molecule has 4 aromatic carbocycles. The van der Waals surface area contributed by atoms with Gasteiger partial charge < -0.3 is 10.2 Å². The van der Waals surface area contributed by atoms with E-state index in [1.54, 1.807) is 0 Å². The quantitative estimate of drug-likeness (QED) is 0.0568. The predicted octanol–water partition coefficient (Wildman–Crippen LogP) is 0.101. The number of nitrogens with zero attached hydrogens (tertiary/aromatic N) is 4. The molecule has 4 rings (SSSR count). The highest BCUT2D eigenvalue weighted by atomic mass is 32.3. The molecule has 0 saturated carbocycles. The standard InChI is InChI=1S/C26H24N4O24S8/c31-25(29-27-21-11-17(57(37,38)39)5-7-23(21)59(43,44)45)13-55(33,34)53-61(49,50)19-3-1-15-2-4-20(10-16(15)9-19)62(51,52)54-56(35,36)14-26(32)30-28-22-12-18(58(40,41)42)6-8-24(22)60(46,47)48/h1-12,25-26,31-32H,13-14H2,(H,37,38,39)(H,40,41,42)(H,43,44,45)(H,46,47,48). The highest BCUT2D eigenvalue weighted by molar-refractivity contribution is 8.00. The van der Waals surface area contributed by atoms with Crippen molar-refractivity contribution in [2.45, 2.75) is 41.8 Å². The minimum atomic E-state index is -5.40. The van der Waals surface area contributed by atoms with Crippen molar-refractivity contribution in [3.8, 4) is 0 Å². The maximum Gasteiger partial charge on any atom is 0.311 e. The summed E-state index contributed by atoms with van der Waals surface area (Å²) in [5.41, 5.74) is -2.06. The van der Waals surface area contributed by atoms with Gasteiger partial charge in [-0.15, -0.1) is 7.26 Å². The van der Waals surface area contributed by atoms with Crippen LogP contribution in [0.15, 0.2) is 123 Å². The average molecular weight is 1030 g/mol. The fourth-order valence-electron chi connectivity index (χ4n) is 4.52. The molecule has 0 aliphatic rings. The van der Waals surface area contributed by atoms with E-state index in [0.717, 1.165) is 24.3 Å². The van der Waals surface area contributed by atoms with Crippen LogP contribution < -0.4 is 0 Å². The topological polar surface area (TPSA) is 462 Å². The van der Waals surface area contributed by atoms with E-state index in [2.05, 4.69) is 27.7 Å². The number of aliphatic hydroxyl groups excluding tert-OH is 2. The van der Waals surface area contributed by atoms with E-state index in [1.165, 1.54) is 0 Å². The molecule has 0 heterocycles. The van der Waals surface area contributed by atoms with Crippen molar-refractivity contribution in [1.82, 2.24) is 0 Å². The smallest absolute Gasteiger partial charge is 0.311 e. The summed E-state index contributed by atoms with van der Waals surface area (Å²) in [5.74, 6) is -3.45. The van der Waals surface area contributed by atoms with Crippen LogP contribution in [-0.2, 0) is 88.2 Å². The molecule has 0 spiro atoms. The van der Waals surface area contributed by atoms with E-state index in [-0.39, 0.29) is 10.8 Å². The van der Waals surface area contributed by atoms with E-state index in [1.807, 2.05) is 0 Å². The van der Waals surface area contributed by atoms with Crippen LogP contribution in [0.3, 0.4) is 0 Å². The molecule has 0 amide bonds. The summed E-state index contributed by atoms with van der Waals surface area (Å²) in [7, 11) is -41.9. The van der Waals surface area contributed by atoms with Gasteiger partial charge in [-0.1, -0.05) is 12.1 Å². The maximum absolute atomic E-state index is 12.9. The normalized spacial score (nSPS) is 15.0. The number of hydrogen-bond acceptors (Lipinski definition) is 24. The Morgan fingerprint density at radius 2 is 0.742 bits per heavy atom. The largest absolute Gasteiger partial charge is 0.369 e. The Morgan fingerprint density at radius 1 is 0.419 bits per heavy atom. The van der Waals surface area contributed by atoms with E-state index in [4.69, 9.17) is 0 Å². The Balaban J connectivity index is 1.52. The predicted molar refractivity (Wildman–Crippen MR) is 201 cm³/mol. The van der Waals surface area contributed by atoms with E-state index in [9.17, 15) is 95.8 Å². The first kappa shape index (κ1) is 50.3. The van der Waals surface area contributed by atoms with Gasteiger partial charge in [0.1, 0.15) is 32.7 Å². The number of benzene rings is 4. The van der Waals surface area contributed by atoms with Crippen molar-refractivity contribution in [2.24, 2.45) is 20.5 Å². The molecule has 0 aliphatic carbocycles. The van der Waals surface area contributed by atoms with Gasteiger partial charge in [0.2, 0.25) is 0 Å². The van der Waals surface area contributed by atoms with Gasteiger partial charge in [0.05, 0.1) is 19.6 Å². The van der Waals surface area contributed by atoms with E-state index in [0.29, 0.717) is 48.5 Å². The summed E-state index contributed by atoms with van der Waals surface area (Å²) < 4.78 is 240. The molecule has 0 radical (unpaired) electrons. The van der Waals surface area contributed by atoms with Crippen molar-refractivity contribution < 1.29 is 103 Å². The fraction of sp³-hybridized carbons (Fsp3) is 0.154. The van der Waals surface area contributed by atoms with Gasteiger partial charge in [-0.05, 0) is 71.4 Å². The van der Waals surface area contributed by atoms with Crippen LogP contribution in [-0.4, -0.2) is 120 Å². The maximum atomic E-state index is 12.9. The SMILES string of the molecule is O=S(=O)(CC(O)N=Nc1cc(S(=O)(=O)O)ccc1S(=O)(=O)O)OS(=O)(=O)c1ccc2ccc(S(=O)(=O)OS(=O)(=O)CC(O)N=Nc3cc(S(=O)(=O)O)ccc3S(=O)(=O)O)cc2c1. The summed E-state index contributed by atoms with van der Waals surface area (Å²) in [6.07, 6.45) is -5.13. The highest BCUT2D eigenvalue weighted by Gasteiger charge is 2.31. The van der Waals surface area contributed by atoms with E-state index >= 15 is 0 Å². The third-order valence-corrected chi connectivity index (χ3v) is 16.7. The van der Waals surface area contributed by atoms with Crippen molar-refractivity contribution in [3.05, 3.63) is 72.8 Å². The van der Waals surface area contributed by atoms with Gasteiger partial charge in [0.15, 0.2) is 12.5 Å². The second-order valence-corrected chi connectivity index (χ2v) is 24.1. The third-order valence-electron chi connectivity index (χ3n) is 7.06. The molecule has 0 aromatic heterocycles. The first-order chi connectivity index (χ1) is 28.0. The Bertz CT molecular complexity index is 3220. The van der Waals surface area contributed by atoms with Crippen LogP contribution in [0.5, 0.6) is 0 Å². The molecule has 2 unspecified atom stereocenters. The van der Waals surface area contributed by atoms with Gasteiger partial charge in [0.25, 0.3) is 60.7 Å². The van der Waals surface area contributed by atoms with Crippen LogP contribution >= 0.6 is 0 Å². The molecular weight excluding hydrogens is 1010 g/mol. The van der Waals surface area contributed by atoms with Crippen LogP contribution in [0.25, 0.3) is 10.8 Å². The number of hydrogen-bond donors (Lipinski definition) is 6. The molecule has 4 aromatic rings. The van der Waals surface area contributed by atoms with E-state index < -0.39 is 146 Å². The zero-order valence-corrected chi connectivity index (χ0v) is 36.1. The zero-order chi connectivity index (χ0) is 47.1. The first-order valence-corrected chi connectivity index (χ1v) is 27.0. The lowest BCUT2D eigenvalue weighted by atomic mass is 10.1. The molecule has 0 bridgehead atoms. The molecule has 6 N–H and O–H groups in total. The van der Waals surface area contributed by atoms with Crippen LogP contribution in [0.4, 0.5) is 11.4 Å². The van der Waals surface area contributed by atoms with Gasteiger partial charge in [0, 0.05) is 0 Å². The summed E-state index contributed by atoms with van der Waals surface area (Å²) in [4.78, 5) is -6.15. The molecule has 0 fully saturated rings. The molecule has 62 heavy (non-hydrogen) atoms. The molecule has 28 nitrogen and oxygen atoms in total. The van der Waals surface area contributed by atoms with Crippen LogP contribution in [0.2, 0.25) is 0 Å². The molecular formula is C26H24N4O24S8. The Hall–Kier alpha value is -4.38. The fourth-order valence-corrected chi connectivity index (χ4v) is 11.9. The number of rotatable bonds is 18. The van der Waals surface area contributed by atoms with Gasteiger partial charge in [-0.3, -0.25) is 18.2 Å². The second-order valence-electron chi connectivity index (χ2n) is 11.7. The Labute approximate surface area is 350 Å². The lowest BCUT2D eigenvalue weighted by Gasteiger charge is -2.10. The summed E-state index contributed by atoms with van der Waals surface area (Å²) in [5, 5.41) is 32.2. The lowest BCUT2D eigenvalue weighted by Crippen LogP contribution is -2.23. The molecule has 2 atom stereocenters. The molecule has 36 heteroatoms. The molecule has 0 saturated heterocycles. The molecule has 0 aliphatic heterocycles. The Kier molecular flexibility index (Phi) is 14.3. The van der Waals surface area contributed by atoms with Crippen molar-refractivity contribution in [1.29, 1.82) is 0 Å². The monoisotopic (exact) mass is 1030 g/mol. The van der Waals surface area contributed by atoms with Crippen molar-refractivity contribution >= 4 is 103 Å². The third kappa shape index (κ3) is 13.3. The van der Waals surface area contributed by atoms with Crippen LogP contribution in [0.1, 0.15) is 0 Å². The molecule has 340 valence electrons. The van der Waals surface area contributed by atoms with Gasteiger partial charge in [-0.2, -0.15) is 87.8 Å². The lowest BCUT2D eigenvalue weighted by molar-refractivity contribution is 0.197. The highest BCUT2D eigenvalue weighted by Crippen LogP contribution is 2.31. The number of aliphatic hydroxyl groups is 2. The Morgan fingerprint density at radius 3 is 1.05 bits per heavy atom. The number of fused-ring (bicyclic) bond motifs is 1. The first-order valence-electron chi connectivity index (χ1n) is 15.3. The summed E-state index contributed by atoms with van der Waals surface area (Å²) in [6.45, 7) is 0. The summed E-state index contributed by atoms with van der Waals surface area (Å²) >= 11 is 0. The second kappa shape index (κ2) is 17.6.